The number of alkyl halides is 2. The maximum absolute atomic E-state index is 12.3. The van der Waals surface area contributed by atoms with Gasteiger partial charge in [0, 0.05) is 11.1 Å². The molecule has 0 N–H and O–H groups in total. The molecular formula is C12H8F2O2. The van der Waals surface area contributed by atoms with E-state index < -0.39 is 6.43 Å². The highest BCUT2D eigenvalue weighted by atomic mass is 19.3. The van der Waals surface area contributed by atoms with Crippen molar-refractivity contribution in [3.05, 3.63) is 47.7 Å². The minimum Gasteiger partial charge on any atom is -0.453 e. The van der Waals surface area contributed by atoms with E-state index in [1.54, 1.807) is 6.07 Å². The molecule has 0 spiro atoms. The van der Waals surface area contributed by atoms with Crippen molar-refractivity contribution in [3.63, 3.8) is 0 Å². The maximum atomic E-state index is 12.3. The number of hydrogen-bond donors (Lipinski definition) is 0. The van der Waals surface area contributed by atoms with Gasteiger partial charge in [0.05, 0.1) is 0 Å². The summed E-state index contributed by atoms with van der Waals surface area (Å²) in [5.74, 6) is 0.704. The number of halogens is 2. The smallest absolute Gasteiger partial charge is 0.263 e. The molecule has 82 valence electrons. The van der Waals surface area contributed by atoms with E-state index in [2.05, 4.69) is 0 Å². The number of carbonyl (C=O) groups is 1. The summed E-state index contributed by atoms with van der Waals surface area (Å²) in [6.45, 7) is 0. The van der Waals surface area contributed by atoms with Crippen molar-refractivity contribution in [1.82, 2.24) is 0 Å². The highest BCUT2D eigenvalue weighted by molar-refractivity contribution is 5.72. The van der Waals surface area contributed by atoms with Gasteiger partial charge in [-0.1, -0.05) is 24.3 Å². The third kappa shape index (κ3) is 2.00. The first-order chi connectivity index (χ1) is 7.70. The molecule has 2 rings (SSSR count). The van der Waals surface area contributed by atoms with Crippen molar-refractivity contribution in [2.45, 2.75) is 6.43 Å². The van der Waals surface area contributed by atoms with Crippen molar-refractivity contribution in [3.8, 4) is 11.3 Å². The second-order valence-electron chi connectivity index (χ2n) is 3.24. The number of furan rings is 1. The topological polar surface area (TPSA) is 30.2 Å². The summed E-state index contributed by atoms with van der Waals surface area (Å²) in [5, 5.41) is 0. The third-order valence-electron chi connectivity index (χ3n) is 2.19. The van der Waals surface area contributed by atoms with Crippen molar-refractivity contribution < 1.29 is 18.0 Å². The summed E-state index contributed by atoms with van der Waals surface area (Å²) >= 11 is 0. The lowest BCUT2D eigenvalue weighted by Gasteiger charge is -2.00. The number of benzene rings is 1. The van der Waals surface area contributed by atoms with Gasteiger partial charge in [0.1, 0.15) is 5.76 Å². The number of aldehydes is 1. The summed E-state index contributed by atoms with van der Waals surface area (Å²) in [5.41, 5.74) is 0.628. The van der Waals surface area contributed by atoms with Crippen LogP contribution in [-0.2, 0) is 0 Å². The monoisotopic (exact) mass is 222 g/mol. The van der Waals surface area contributed by atoms with Gasteiger partial charge < -0.3 is 4.42 Å². The van der Waals surface area contributed by atoms with E-state index in [0.717, 1.165) is 0 Å². The van der Waals surface area contributed by atoms with Crippen LogP contribution in [-0.4, -0.2) is 6.29 Å². The fourth-order valence-electron chi connectivity index (χ4n) is 1.36. The van der Waals surface area contributed by atoms with Gasteiger partial charge in [-0.2, -0.15) is 0 Å². The molecule has 0 aliphatic heterocycles. The summed E-state index contributed by atoms with van der Waals surface area (Å²) in [6, 6.07) is 8.90. The van der Waals surface area contributed by atoms with E-state index in [1.165, 1.54) is 30.3 Å². The lowest BCUT2D eigenvalue weighted by molar-refractivity contribution is 0.110. The molecule has 0 radical (unpaired) electrons. The average molecular weight is 222 g/mol. The molecule has 1 aromatic carbocycles. The maximum Gasteiger partial charge on any atom is 0.263 e. The third-order valence-corrected chi connectivity index (χ3v) is 2.19. The predicted molar refractivity (Wildman–Crippen MR) is 54.5 cm³/mol. The molecule has 1 heterocycles. The Bertz CT molecular complexity index is 486. The van der Waals surface area contributed by atoms with Crippen LogP contribution >= 0.6 is 0 Å². The van der Waals surface area contributed by atoms with Crippen LogP contribution in [0.2, 0.25) is 0 Å². The van der Waals surface area contributed by atoms with Gasteiger partial charge in [-0.3, -0.25) is 4.79 Å². The molecule has 0 fully saturated rings. The molecule has 0 unspecified atom stereocenters. The molecule has 0 aliphatic carbocycles. The zero-order valence-electron chi connectivity index (χ0n) is 8.19. The second-order valence-corrected chi connectivity index (χ2v) is 3.24. The van der Waals surface area contributed by atoms with Gasteiger partial charge >= 0.3 is 0 Å². The normalized spacial score (nSPS) is 10.7. The molecule has 16 heavy (non-hydrogen) atoms. The van der Waals surface area contributed by atoms with Crippen LogP contribution in [0.1, 0.15) is 22.5 Å². The van der Waals surface area contributed by atoms with E-state index in [-0.39, 0.29) is 11.3 Å². The van der Waals surface area contributed by atoms with Crippen LogP contribution in [0, 0.1) is 0 Å². The van der Waals surface area contributed by atoms with Gasteiger partial charge in [-0.05, 0) is 12.1 Å². The molecule has 0 saturated carbocycles. The quantitative estimate of drug-likeness (QED) is 0.741. The number of carbonyl (C=O) groups excluding carboxylic acids is 1. The summed E-state index contributed by atoms with van der Waals surface area (Å²) in [6.07, 6.45) is -1.88. The van der Waals surface area contributed by atoms with Crippen LogP contribution in [0.5, 0.6) is 0 Å². The molecule has 1 aromatic heterocycles. The Morgan fingerprint density at radius 2 is 1.75 bits per heavy atom. The Morgan fingerprint density at radius 3 is 2.25 bits per heavy atom. The number of hydrogen-bond acceptors (Lipinski definition) is 2. The van der Waals surface area contributed by atoms with Crippen molar-refractivity contribution in [1.29, 1.82) is 0 Å². The first kappa shape index (κ1) is 10.5. The van der Waals surface area contributed by atoms with Crippen molar-refractivity contribution in [2.24, 2.45) is 0 Å². The molecule has 4 heteroatoms. The largest absolute Gasteiger partial charge is 0.453 e. The summed E-state index contributed by atoms with van der Waals surface area (Å²) in [4.78, 5) is 10.4. The minimum atomic E-state index is -2.48. The van der Waals surface area contributed by atoms with Gasteiger partial charge in [-0.15, -0.1) is 0 Å². The van der Waals surface area contributed by atoms with Crippen molar-refractivity contribution >= 4 is 6.29 Å². The van der Waals surface area contributed by atoms with Gasteiger partial charge in [-0.25, -0.2) is 8.78 Å². The first-order valence-electron chi connectivity index (χ1n) is 4.64. The van der Waals surface area contributed by atoms with E-state index in [4.69, 9.17) is 4.42 Å². The highest BCUT2D eigenvalue weighted by Crippen LogP contribution is 2.25. The lowest BCUT2D eigenvalue weighted by atomic mass is 10.1. The Kier molecular flexibility index (Phi) is 2.81. The van der Waals surface area contributed by atoms with E-state index in [9.17, 15) is 13.6 Å². The van der Waals surface area contributed by atoms with E-state index in [0.29, 0.717) is 17.6 Å². The molecule has 0 bridgehead atoms. The van der Waals surface area contributed by atoms with Crippen LogP contribution in [0.25, 0.3) is 11.3 Å². The summed E-state index contributed by atoms with van der Waals surface area (Å²) in [7, 11) is 0. The molecule has 2 aromatic rings. The average Bonchev–Trinajstić information content (AvgIpc) is 2.77. The highest BCUT2D eigenvalue weighted by Gasteiger charge is 2.08. The van der Waals surface area contributed by atoms with Gasteiger partial charge in [0.25, 0.3) is 6.43 Å². The molecule has 0 atom stereocenters. The number of rotatable bonds is 3. The Morgan fingerprint density at radius 1 is 1.06 bits per heavy atom. The molecular weight excluding hydrogens is 214 g/mol. The van der Waals surface area contributed by atoms with Gasteiger partial charge in [0.2, 0.25) is 0 Å². The van der Waals surface area contributed by atoms with E-state index in [1.807, 2.05) is 0 Å². The first-order valence-corrected chi connectivity index (χ1v) is 4.64. The predicted octanol–water partition coefficient (Wildman–Crippen LogP) is 3.70. The fraction of sp³-hybridized carbons (Fsp3) is 0.0833. The second kappa shape index (κ2) is 4.26. The molecule has 0 aliphatic rings. The molecule has 0 amide bonds. The fourth-order valence-corrected chi connectivity index (χ4v) is 1.36. The molecule has 0 saturated heterocycles. The van der Waals surface area contributed by atoms with Gasteiger partial charge in [0.15, 0.2) is 12.0 Å². The van der Waals surface area contributed by atoms with Crippen LogP contribution in [0.4, 0.5) is 8.78 Å². The van der Waals surface area contributed by atoms with Crippen LogP contribution in [0.15, 0.2) is 40.8 Å². The summed E-state index contributed by atoms with van der Waals surface area (Å²) < 4.78 is 29.7. The standard InChI is InChI=1S/C12H8F2O2/c13-12(14)9-3-1-8(2-4-9)11-6-5-10(7-15)16-11/h1-7,12H. The van der Waals surface area contributed by atoms with Crippen molar-refractivity contribution in [2.75, 3.05) is 0 Å². The Hall–Kier alpha value is -1.97. The SMILES string of the molecule is O=Cc1ccc(-c2ccc(C(F)F)cc2)o1. The minimum absolute atomic E-state index is 0.0362. The van der Waals surface area contributed by atoms with Crippen LogP contribution < -0.4 is 0 Å². The zero-order valence-corrected chi connectivity index (χ0v) is 8.19. The van der Waals surface area contributed by atoms with E-state index >= 15 is 0 Å². The molecule has 2 nitrogen and oxygen atoms in total. The van der Waals surface area contributed by atoms with Crippen LogP contribution in [0.3, 0.4) is 0 Å². The lowest BCUT2D eigenvalue weighted by Crippen LogP contribution is -1.83. The Labute approximate surface area is 90.5 Å². The Balaban J connectivity index is 2.30. The zero-order chi connectivity index (χ0) is 11.5.